The van der Waals surface area contributed by atoms with E-state index in [-0.39, 0.29) is 18.2 Å². The van der Waals surface area contributed by atoms with Gasteiger partial charge in [0.2, 0.25) is 11.8 Å². The Morgan fingerprint density at radius 2 is 1.73 bits per heavy atom. The van der Waals surface area contributed by atoms with Crippen molar-refractivity contribution in [2.75, 3.05) is 11.9 Å². The van der Waals surface area contributed by atoms with Crippen LogP contribution in [0.1, 0.15) is 12.0 Å². The molecule has 5 heteroatoms. The lowest BCUT2D eigenvalue weighted by Crippen LogP contribution is -2.29. The summed E-state index contributed by atoms with van der Waals surface area (Å²) in [4.78, 5) is 23.5. The maximum atomic E-state index is 11.8. The standard InChI is InChI=1S/C17H17BrN2O2/c18-14-7-4-8-15(11-14)20-17(22)12-16(21)19-10-9-13-5-2-1-3-6-13/h1-8,11H,9-10,12H2,(H,19,21)(H,20,22). The van der Waals surface area contributed by atoms with E-state index in [2.05, 4.69) is 26.6 Å². The van der Waals surface area contributed by atoms with Crippen molar-refractivity contribution in [2.45, 2.75) is 12.8 Å². The Bertz CT molecular complexity index is 644. The van der Waals surface area contributed by atoms with E-state index < -0.39 is 0 Å². The van der Waals surface area contributed by atoms with Crippen molar-refractivity contribution in [1.82, 2.24) is 5.32 Å². The van der Waals surface area contributed by atoms with E-state index in [0.717, 1.165) is 16.5 Å². The molecule has 0 aliphatic carbocycles. The van der Waals surface area contributed by atoms with Crippen LogP contribution >= 0.6 is 15.9 Å². The number of hydrogen-bond donors (Lipinski definition) is 2. The van der Waals surface area contributed by atoms with Gasteiger partial charge < -0.3 is 10.6 Å². The van der Waals surface area contributed by atoms with Crippen molar-refractivity contribution in [3.8, 4) is 0 Å². The number of nitrogens with one attached hydrogen (secondary N) is 2. The van der Waals surface area contributed by atoms with Crippen LogP contribution in [-0.2, 0) is 16.0 Å². The molecule has 2 aromatic carbocycles. The minimum absolute atomic E-state index is 0.179. The molecular formula is C17H17BrN2O2. The van der Waals surface area contributed by atoms with Crippen LogP contribution in [-0.4, -0.2) is 18.4 Å². The highest BCUT2D eigenvalue weighted by Crippen LogP contribution is 2.15. The second-order valence-corrected chi connectivity index (χ2v) is 5.74. The SMILES string of the molecule is O=C(CC(=O)Nc1cccc(Br)c1)NCCc1ccccc1. The van der Waals surface area contributed by atoms with Crippen molar-refractivity contribution < 1.29 is 9.59 Å². The zero-order chi connectivity index (χ0) is 15.8. The van der Waals surface area contributed by atoms with Crippen molar-refractivity contribution in [3.05, 3.63) is 64.6 Å². The van der Waals surface area contributed by atoms with E-state index >= 15 is 0 Å². The molecule has 0 aliphatic heterocycles. The molecule has 0 spiro atoms. The molecule has 0 atom stereocenters. The summed E-state index contributed by atoms with van der Waals surface area (Å²) in [6, 6.07) is 17.1. The topological polar surface area (TPSA) is 58.2 Å². The van der Waals surface area contributed by atoms with Crippen LogP contribution in [0.25, 0.3) is 0 Å². The van der Waals surface area contributed by atoms with Crippen LogP contribution in [0.5, 0.6) is 0 Å². The molecule has 2 N–H and O–H groups in total. The molecule has 0 aliphatic rings. The van der Waals surface area contributed by atoms with E-state index in [1.54, 1.807) is 12.1 Å². The third-order valence-corrected chi connectivity index (χ3v) is 3.50. The minimum Gasteiger partial charge on any atom is -0.355 e. The normalized spacial score (nSPS) is 10.0. The van der Waals surface area contributed by atoms with E-state index in [1.165, 1.54) is 0 Å². The first kappa shape index (κ1) is 16.2. The van der Waals surface area contributed by atoms with Gasteiger partial charge in [-0.1, -0.05) is 52.3 Å². The number of carbonyl (C=O) groups excluding carboxylic acids is 2. The molecule has 0 saturated heterocycles. The summed E-state index contributed by atoms with van der Waals surface area (Å²) >= 11 is 3.33. The fourth-order valence-electron chi connectivity index (χ4n) is 1.97. The molecule has 2 rings (SSSR count). The molecule has 0 heterocycles. The fourth-order valence-corrected chi connectivity index (χ4v) is 2.37. The quantitative estimate of drug-likeness (QED) is 0.777. The minimum atomic E-state index is -0.324. The lowest BCUT2D eigenvalue weighted by molar-refractivity contribution is -0.126. The van der Waals surface area contributed by atoms with Gasteiger partial charge in [0.05, 0.1) is 0 Å². The molecule has 2 amide bonds. The summed E-state index contributed by atoms with van der Waals surface area (Å²) in [6.45, 7) is 0.521. The number of rotatable bonds is 6. The van der Waals surface area contributed by atoms with E-state index in [0.29, 0.717) is 12.2 Å². The summed E-state index contributed by atoms with van der Waals surface area (Å²) in [7, 11) is 0. The zero-order valence-corrected chi connectivity index (χ0v) is 13.6. The molecule has 0 bridgehead atoms. The Morgan fingerprint density at radius 1 is 0.955 bits per heavy atom. The molecule has 0 fully saturated rings. The van der Waals surface area contributed by atoms with Crippen LogP contribution in [0.2, 0.25) is 0 Å². The Balaban J connectivity index is 1.71. The molecule has 0 unspecified atom stereocenters. The molecular weight excluding hydrogens is 344 g/mol. The molecule has 2 aromatic rings. The predicted octanol–water partition coefficient (Wildman–Crippen LogP) is 3.14. The number of hydrogen-bond acceptors (Lipinski definition) is 2. The predicted molar refractivity (Wildman–Crippen MR) is 90.5 cm³/mol. The highest BCUT2D eigenvalue weighted by Gasteiger charge is 2.09. The molecule has 114 valence electrons. The van der Waals surface area contributed by atoms with Crippen molar-refractivity contribution in [3.63, 3.8) is 0 Å². The number of benzene rings is 2. The van der Waals surface area contributed by atoms with Crippen LogP contribution < -0.4 is 10.6 Å². The average molecular weight is 361 g/mol. The van der Waals surface area contributed by atoms with Crippen molar-refractivity contribution >= 4 is 33.4 Å². The zero-order valence-electron chi connectivity index (χ0n) is 12.0. The lowest BCUT2D eigenvalue weighted by Gasteiger charge is -2.07. The first-order valence-electron chi connectivity index (χ1n) is 6.99. The average Bonchev–Trinajstić information content (AvgIpc) is 2.48. The van der Waals surface area contributed by atoms with Gasteiger partial charge in [-0.3, -0.25) is 9.59 Å². The van der Waals surface area contributed by atoms with Gasteiger partial charge in [0.15, 0.2) is 0 Å². The van der Waals surface area contributed by atoms with Gasteiger partial charge >= 0.3 is 0 Å². The summed E-state index contributed by atoms with van der Waals surface area (Å²) in [5.41, 5.74) is 1.82. The fraction of sp³-hybridized carbons (Fsp3) is 0.176. The third kappa shape index (κ3) is 5.69. The number of carbonyl (C=O) groups is 2. The van der Waals surface area contributed by atoms with Gasteiger partial charge in [0.1, 0.15) is 6.42 Å². The Kier molecular flexibility index (Phi) is 6.15. The van der Waals surface area contributed by atoms with E-state index in [9.17, 15) is 9.59 Å². The van der Waals surface area contributed by atoms with Crippen LogP contribution in [0, 0.1) is 0 Å². The first-order valence-corrected chi connectivity index (χ1v) is 7.79. The molecule has 0 aromatic heterocycles. The van der Waals surface area contributed by atoms with E-state index in [4.69, 9.17) is 0 Å². The molecule has 4 nitrogen and oxygen atoms in total. The van der Waals surface area contributed by atoms with Gasteiger partial charge in [-0.05, 0) is 30.2 Å². The Hall–Kier alpha value is -2.14. The maximum absolute atomic E-state index is 11.8. The highest BCUT2D eigenvalue weighted by molar-refractivity contribution is 9.10. The molecule has 0 saturated carbocycles. The molecule has 22 heavy (non-hydrogen) atoms. The van der Waals surface area contributed by atoms with Gasteiger partial charge in [-0.2, -0.15) is 0 Å². The first-order chi connectivity index (χ1) is 10.6. The maximum Gasteiger partial charge on any atom is 0.233 e. The Morgan fingerprint density at radius 3 is 2.45 bits per heavy atom. The highest BCUT2D eigenvalue weighted by atomic mass is 79.9. The summed E-state index contributed by atoms with van der Waals surface area (Å²) in [5.74, 6) is -0.598. The van der Waals surface area contributed by atoms with Crippen LogP contribution in [0.3, 0.4) is 0 Å². The van der Waals surface area contributed by atoms with Crippen LogP contribution in [0.15, 0.2) is 59.1 Å². The monoisotopic (exact) mass is 360 g/mol. The van der Waals surface area contributed by atoms with Gasteiger partial charge in [-0.25, -0.2) is 0 Å². The van der Waals surface area contributed by atoms with Crippen molar-refractivity contribution in [1.29, 1.82) is 0 Å². The van der Waals surface area contributed by atoms with Gasteiger partial charge in [0.25, 0.3) is 0 Å². The second-order valence-electron chi connectivity index (χ2n) is 4.82. The Labute approximate surface area is 138 Å². The van der Waals surface area contributed by atoms with E-state index in [1.807, 2.05) is 42.5 Å². The summed E-state index contributed by atoms with van der Waals surface area (Å²) in [6.07, 6.45) is 0.571. The third-order valence-electron chi connectivity index (χ3n) is 3.01. The number of amides is 2. The summed E-state index contributed by atoms with van der Waals surface area (Å²) < 4.78 is 0.873. The second kappa shape index (κ2) is 8.34. The smallest absolute Gasteiger partial charge is 0.233 e. The number of halogens is 1. The lowest BCUT2D eigenvalue weighted by atomic mass is 10.1. The van der Waals surface area contributed by atoms with Crippen LogP contribution in [0.4, 0.5) is 5.69 Å². The molecule has 0 radical (unpaired) electrons. The largest absolute Gasteiger partial charge is 0.355 e. The number of anilines is 1. The van der Waals surface area contributed by atoms with Crippen molar-refractivity contribution in [2.24, 2.45) is 0 Å². The van der Waals surface area contributed by atoms with Gasteiger partial charge in [-0.15, -0.1) is 0 Å². The summed E-state index contributed by atoms with van der Waals surface area (Å²) in [5, 5.41) is 5.44. The van der Waals surface area contributed by atoms with Gasteiger partial charge in [0, 0.05) is 16.7 Å².